The minimum atomic E-state index is -0.833. The van der Waals surface area contributed by atoms with Crippen LogP contribution in [0, 0.1) is 5.41 Å². The number of nitrogens with two attached hydrogens (primary N) is 1. The van der Waals surface area contributed by atoms with Gasteiger partial charge in [-0.2, -0.15) is 0 Å². The van der Waals surface area contributed by atoms with Gasteiger partial charge in [-0.15, -0.1) is 11.3 Å². The molecule has 4 N–H and O–H groups in total. The molecule has 0 aliphatic heterocycles. The van der Waals surface area contributed by atoms with E-state index in [1.165, 1.54) is 4.88 Å². The van der Waals surface area contributed by atoms with Gasteiger partial charge in [0.1, 0.15) is 0 Å². The minimum Gasteiger partial charge on any atom is -0.478 e. The van der Waals surface area contributed by atoms with Crippen LogP contribution in [0.15, 0.2) is 36.4 Å². The molecule has 0 saturated heterocycles. The fourth-order valence-corrected chi connectivity index (χ4v) is 5.45. The molecule has 0 unspecified atom stereocenters. The molecule has 0 amide bonds. The molecule has 4 rings (SSSR count). The lowest BCUT2D eigenvalue weighted by Crippen LogP contribution is -2.22. The van der Waals surface area contributed by atoms with E-state index in [9.17, 15) is 9.90 Å². The van der Waals surface area contributed by atoms with Gasteiger partial charge in [-0.3, -0.25) is 11.3 Å². The third kappa shape index (κ3) is 3.27. The van der Waals surface area contributed by atoms with Gasteiger partial charge in [0.15, 0.2) is 0 Å². The van der Waals surface area contributed by atoms with Gasteiger partial charge in [-0.1, -0.05) is 38.1 Å². The second kappa shape index (κ2) is 6.75. The van der Waals surface area contributed by atoms with Crippen LogP contribution in [0.2, 0.25) is 0 Å². The summed E-state index contributed by atoms with van der Waals surface area (Å²) in [6.45, 7) is 4.94. The fraction of sp³-hybridized carbons (Fsp3) is 0.318. The third-order valence-corrected chi connectivity index (χ3v) is 6.82. The molecule has 2 aromatic carbocycles. The molecular weight excluding hydrogens is 356 g/mol. The quantitative estimate of drug-likeness (QED) is 0.451. The van der Waals surface area contributed by atoms with Crippen molar-refractivity contribution < 1.29 is 9.90 Å². The number of fused-ring (bicyclic) bond motifs is 2. The number of benzene rings is 2. The molecule has 0 saturated carbocycles. The van der Waals surface area contributed by atoms with Gasteiger partial charge < -0.3 is 5.11 Å². The van der Waals surface area contributed by atoms with E-state index in [0.717, 1.165) is 51.6 Å². The summed E-state index contributed by atoms with van der Waals surface area (Å²) in [5.74, 6) is 4.79. The summed E-state index contributed by atoms with van der Waals surface area (Å²) in [5.41, 5.74) is 6.39. The topological polar surface area (TPSA) is 75.3 Å². The van der Waals surface area contributed by atoms with Gasteiger partial charge in [0.05, 0.1) is 5.56 Å². The van der Waals surface area contributed by atoms with Crippen molar-refractivity contribution in [2.75, 3.05) is 0 Å². The van der Waals surface area contributed by atoms with Crippen LogP contribution in [-0.4, -0.2) is 11.1 Å². The molecule has 1 aliphatic carbocycles. The van der Waals surface area contributed by atoms with Crippen molar-refractivity contribution in [1.82, 2.24) is 5.43 Å². The normalized spacial score (nSPS) is 15.7. The highest BCUT2D eigenvalue weighted by Gasteiger charge is 2.33. The number of carboxylic acids is 1. The fourth-order valence-electron chi connectivity index (χ4n) is 4.09. The number of carbonyl (C=O) groups is 1. The SMILES string of the molecule is CC1(C)CCc2sc(-c3cc4ccccc4cc3CNN)c(C(=O)O)c2C1. The second-order valence-electron chi connectivity index (χ2n) is 8.09. The molecule has 1 aromatic heterocycles. The highest BCUT2D eigenvalue weighted by atomic mass is 32.1. The molecule has 0 spiro atoms. The van der Waals surface area contributed by atoms with Crippen molar-refractivity contribution in [3.63, 3.8) is 0 Å². The smallest absolute Gasteiger partial charge is 0.337 e. The maximum Gasteiger partial charge on any atom is 0.337 e. The summed E-state index contributed by atoms with van der Waals surface area (Å²) in [5, 5.41) is 12.3. The standard InChI is InChI=1S/C22H24N2O2S/c1-22(2)8-7-18-17(11-22)19(21(25)26)20(27-18)16-10-14-6-4-3-5-13(14)9-15(16)12-24-23/h3-6,9-10,24H,7-8,11-12,23H2,1-2H3,(H,25,26). The van der Waals surface area contributed by atoms with E-state index in [-0.39, 0.29) is 5.41 Å². The number of aromatic carboxylic acids is 1. The molecule has 0 radical (unpaired) electrons. The number of nitrogens with one attached hydrogen (secondary N) is 1. The number of hydrogen-bond donors (Lipinski definition) is 3. The first kappa shape index (κ1) is 18.2. The Hall–Kier alpha value is -2.21. The van der Waals surface area contributed by atoms with E-state index in [2.05, 4.69) is 43.5 Å². The summed E-state index contributed by atoms with van der Waals surface area (Å²) < 4.78 is 0. The number of carboxylic acid groups (broad SMARTS) is 1. The van der Waals surface area contributed by atoms with Crippen LogP contribution in [0.3, 0.4) is 0 Å². The van der Waals surface area contributed by atoms with Crippen LogP contribution in [0.25, 0.3) is 21.2 Å². The Kier molecular flexibility index (Phi) is 4.54. The molecule has 140 valence electrons. The van der Waals surface area contributed by atoms with Gasteiger partial charge in [0.2, 0.25) is 0 Å². The second-order valence-corrected chi connectivity index (χ2v) is 9.20. The van der Waals surface area contributed by atoms with Crippen molar-refractivity contribution in [1.29, 1.82) is 0 Å². The number of rotatable bonds is 4. The Morgan fingerprint density at radius 2 is 1.96 bits per heavy atom. The Bertz CT molecular complexity index is 1040. The van der Waals surface area contributed by atoms with Crippen LogP contribution in [0.4, 0.5) is 0 Å². The zero-order chi connectivity index (χ0) is 19.2. The molecular formula is C22H24N2O2S. The van der Waals surface area contributed by atoms with E-state index < -0.39 is 5.97 Å². The maximum absolute atomic E-state index is 12.2. The van der Waals surface area contributed by atoms with Crippen molar-refractivity contribution >= 4 is 28.1 Å². The first-order chi connectivity index (χ1) is 12.9. The molecule has 4 nitrogen and oxygen atoms in total. The van der Waals surface area contributed by atoms with Gasteiger partial charge in [-0.05, 0) is 64.3 Å². The van der Waals surface area contributed by atoms with Crippen LogP contribution >= 0.6 is 11.3 Å². The van der Waals surface area contributed by atoms with Crippen LogP contribution < -0.4 is 11.3 Å². The largest absolute Gasteiger partial charge is 0.478 e. The predicted molar refractivity (Wildman–Crippen MR) is 111 cm³/mol. The molecule has 1 heterocycles. The molecule has 27 heavy (non-hydrogen) atoms. The van der Waals surface area contributed by atoms with Crippen LogP contribution in [0.5, 0.6) is 0 Å². The number of hydrogen-bond acceptors (Lipinski definition) is 4. The lowest BCUT2D eigenvalue weighted by molar-refractivity contribution is 0.0696. The Morgan fingerprint density at radius 3 is 2.63 bits per heavy atom. The zero-order valence-electron chi connectivity index (χ0n) is 15.6. The maximum atomic E-state index is 12.2. The molecule has 0 fully saturated rings. The number of thiophene rings is 1. The average Bonchev–Trinajstić information content (AvgIpc) is 2.98. The highest BCUT2D eigenvalue weighted by Crippen LogP contribution is 2.46. The summed E-state index contributed by atoms with van der Waals surface area (Å²) in [6.07, 6.45) is 2.86. The van der Waals surface area contributed by atoms with E-state index in [4.69, 9.17) is 5.84 Å². The van der Waals surface area contributed by atoms with Gasteiger partial charge >= 0.3 is 5.97 Å². The van der Waals surface area contributed by atoms with E-state index in [1.807, 2.05) is 12.1 Å². The van der Waals surface area contributed by atoms with Crippen LogP contribution in [-0.2, 0) is 19.4 Å². The van der Waals surface area contributed by atoms with Crippen LogP contribution in [0.1, 0.15) is 46.6 Å². The van der Waals surface area contributed by atoms with Crippen molar-refractivity contribution in [2.24, 2.45) is 11.3 Å². The lowest BCUT2D eigenvalue weighted by Gasteiger charge is -2.29. The Balaban J connectivity index is 1.97. The first-order valence-corrected chi connectivity index (χ1v) is 10.0. The number of aryl methyl sites for hydroxylation is 1. The lowest BCUT2D eigenvalue weighted by atomic mass is 9.76. The van der Waals surface area contributed by atoms with Crippen molar-refractivity contribution in [3.8, 4) is 10.4 Å². The summed E-state index contributed by atoms with van der Waals surface area (Å²) in [6, 6.07) is 12.4. The molecule has 3 aromatic rings. The first-order valence-electron chi connectivity index (χ1n) is 9.23. The summed E-state index contributed by atoms with van der Waals surface area (Å²) in [4.78, 5) is 14.3. The minimum absolute atomic E-state index is 0.139. The summed E-state index contributed by atoms with van der Waals surface area (Å²) >= 11 is 1.64. The van der Waals surface area contributed by atoms with E-state index in [1.54, 1.807) is 11.3 Å². The predicted octanol–water partition coefficient (Wildman–Crippen LogP) is 4.74. The Labute approximate surface area is 163 Å². The van der Waals surface area contributed by atoms with Crippen molar-refractivity contribution in [3.05, 3.63) is 58.0 Å². The molecule has 0 bridgehead atoms. The number of hydrazine groups is 1. The summed E-state index contributed by atoms with van der Waals surface area (Å²) in [7, 11) is 0. The third-order valence-electron chi connectivity index (χ3n) is 5.50. The van der Waals surface area contributed by atoms with E-state index in [0.29, 0.717) is 12.1 Å². The molecule has 1 aliphatic rings. The zero-order valence-corrected chi connectivity index (χ0v) is 16.5. The molecule has 0 atom stereocenters. The van der Waals surface area contributed by atoms with Crippen molar-refractivity contribution in [2.45, 2.75) is 39.7 Å². The average molecular weight is 381 g/mol. The highest BCUT2D eigenvalue weighted by molar-refractivity contribution is 7.16. The Morgan fingerprint density at radius 1 is 1.26 bits per heavy atom. The van der Waals surface area contributed by atoms with Gasteiger partial charge in [0.25, 0.3) is 0 Å². The monoisotopic (exact) mass is 380 g/mol. The molecule has 5 heteroatoms. The van der Waals surface area contributed by atoms with Gasteiger partial charge in [-0.25, -0.2) is 4.79 Å². The van der Waals surface area contributed by atoms with E-state index >= 15 is 0 Å². The van der Waals surface area contributed by atoms with Gasteiger partial charge in [0, 0.05) is 16.3 Å².